The Labute approximate surface area is 250 Å². The molecule has 8 heteroatoms. The minimum absolute atomic E-state index is 0.0738. The highest BCUT2D eigenvalue weighted by molar-refractivity contribution is 5.98. The zero-order valence-electron chi connectivity index (χ0n) is 25.9. The molecule has 42 heavy (non-hydrogen) atoms. The highest BCUT2D eigenvalue weighted by Gasteiger charge is 2.76. The highest BCUT2D eigenvalue weighted by atomic mass is 16.6. The van der Waals surface area contributed by atoms with Crippen LogP contribution in [0.3, 0.4) is 0 Å². The normalized spacial score (nSPS) is 27.5. The number of hydrogen-bond acceptors (Lipinski definition) is 6. The van der Waals surface area contributed by atoms with Gasteiger partial charge in [-0.3, -0.25) is 14.4 Å². The molecular weight excluding hydrogens is 532 g/mol. The van der Waals surface area contributed by atoms with Gasteiger partial charge in [0.05, 0.1) is 37.2 Å². The molecule has 0 aromatic heterocycles. The summed E-state index contributed by atoms with van der Waals surface area (Å²) in [6.45, 7) is 18.2. The largest absolute Gasteiger partial charge is 0.465 e. The van der Waals surface area contributed by atoms with E-state index in [0.29, 0.717) is 37.7 Å². The van der Waals surface area contributed by atoms with E-state index in [1.165, 1.54) is 4.90 Å². The SMILES string of the molecule is C=CCCCOC(=O)[C@@H]1[C@H]2C(=O)N([C@H](CO)c3ccccc3)C(C(=O)N(CC=C)C(C)(C)CC(C)(C)C)C23CC[C@H]1O3. The fraction of sp³-hybridized carbons (Fsp3) is 0.618. The first-order chi connectivity index (χ1) is 19.8. The molecule has 1 spiro atoms. The van der Waals surface area contributed by atoms with Crippen LogP contribution in [0, 0.1) is 17.3 Å². The number of fused-ring (bicyclic) bond motifs is 1. The number of rotatable bonds is 13. The number of carbonyl (C=O) groups excluding carboxylic acids is 3. The van der Waals surface area contributed by atoms with E-state index in [1.807, 2.05) is 44.2 Å². The average molecular weight is 581 g/mol. The molecule has 3 aliphatic rings. The number of likely N-dealkylation sites (tertiary alicyclic amines) is 1. The first kappa shape index (κ1) is 32.0. The van der Waals surface area contributed by atoms with E-state index in [-0.39, 0.29) is 37.0 Å². The van der Waals surface area contributed by atoms with Gasteiger partial charge in [-0.25, -0.2) is 0 Å². The van der Waals surface area contributed by atoms with Gasteiger partial charge in [-0.1, -0.05) is 63.3 Å². The van der Waals surface area contributed by atoms with Crippen LogP contribution in [0.2, 0.25) is 0 Å². The number of hydrogen-bond donors (Lipinski definition) is 1. The summed E-state index contributed by atoms with van der Waals surface area (Å²) in [4.78, 5) is 46.2. The topological polar surface area (TPSA) is 96.4 Å². The molecule has 8 nitrogen and oxygen atoms in total. The molecule has 0 saturated carbocycles. The van der Waals surface area contributed by atoms with Crippen LogP contribution in [0.15, 0.2) is 55.6 Å². The van der Waals surface area contributed by atoms with Crippen molar-refractivity contribution < 1.29 is 29.0 Å². The summed E-state index contributed by atoms with van der Waals surface area (Å²) in [6, 6.07) is 7.44. The van der Waals surface area contributed by atoms with Gasteiger partial charge in [0.1, 0.15) is 11.6 Å². The van der Waals surface area contributed by atoms with Gasteiger partial charge in [-0.2, -0.15) is 0 Å². The second-order valence-corrected chi connectivity index (χ2v) is 13.8. The minimum Gasteiger partial charge on any atom is -0.465 e. The number of unbranched alkanes of at least 4 members (excludes halogenated alkanes) is 1. The number of esters is 1. The predicted octanol–water partition coefficient (Wildman–Crippen LogP) is 4.83. The number of carbonyl (C=O) groups is 3. The molecule has 3 saturated heterocycles. The maximum Gasteiger partial charge on any atom is 0.312 e. The van der Waals surface area contributed by atoms with E-state index in [9.17, 15) is 19.5 Å². The molecule has 2 amide bonds. The van der Waals surface area contributed by atoms with E-state index in [1.54, 1.807) is 17.1 Å². The molecule has 0 aliphatic carbocycles. The second-order valence-electron chi connectivity index (χ2n) is 13.8. The van der Waals surface area contributed by atoms with Crippen molar-refractivity contribution in [1.82, 2.24) is 9.80 Å². The molecule has 6 atom stereocenters. The van der Waals surface area contributed by atoms with E-state index >= 15 is 0 Å². The standard InChI is InChI=1S/C34H48N2O6/c1-8-10-14-20-41-31(40)26-25-17-18-34(42-25)27(26)29(38)36(24(21-37)23-15-12-11-13-16-23)28(34)30(39)35(19-9-2)33(6,7)22-32(3,4)5/h8-9,11-13,15-16,24-28,37H,1-2,10,14,17-22H2,3-7H3/t24-,25-,26+,27+,28?,34?/m1/s1. The van der Waals surface area contributed by atoms with Crippen LogP contribution in [-0.4, -0.2) is 75.7 Å². The Morgan fingerprint density at radius 3 is 2.48 bits per heavy atom. The molecule has 230 valence electrons. The smallest absolute Gasteiger partial charge is 0.312 e. The molecule has 3 fully saturated rings. The Balaban J connectivity index is 1.80. The molecule has 2 unspecified atom stereocenters. The van der Waals surface area contributed by atoms with Crippen molar-refractivity contribution in [2.24, 2.45) is 17.3 Å². The molecule has 3 heterocycles. The number of allylic oxidation sites excluding steroid dienone is 1. The summed E-state index contributed by atoms with van der Waals surface area (Å²) in [7, 11) is 0. The first-order valence-corrected chi connectivity index (χ1v) is 15.2. The van der Waals surface area contributed by atoms with Gasteiger partial charge in [0, 0.05) is 12.1 Å². The van der Waals surface area contributed by atoms with Gasteiger partial charge >= 0.3 is 5.97 Å². The van der Waals surface area contributed by atoms with Gasteiger partial charge in [-0.05, 0) is 56.9 Å². The van der Waals surface area contributed by atoms with E-state index in [2.05, 4.69) is 33.9 Å². The molecule has 2 bridgehead atoms. The summed E-state index contributed by atoms with van der Waals surface area (Å²) in [5, 5.41) is 10.7. The Bertz CT molecular complexity index is 1170. The average Bonchev–Trinajstić information content (AvgIpc) is 3.57. The van der Waals surface area contributed by atoms with Crippen molar-refractivity contribution in [2.45, 2.75) is 96.1 Å². The quantitative estimate of drug-likeness (QED) is 0.204. The molecule has 3 aliphatic heterocycles. The van der Waals surface area contributed by atoms with Gasteiger partial charge < -0.3 is 24.4 Å². The molecule has 1 aromatic rings. The summed E-state index contributed by atoms with van der Waals surface area (Å²) in [5.74, 6) is -2.74. The fourth-order valence-electron chi connectivity index (χ4n) is 7.81. The van der Waals surface area contributed by atoms with Crippen LogP contribution in [0.25, 0.3) is 0 Å². The lowest BCUT2D eigenvalue weighted by Gasteiger charge is -2.46. The van der Waals surface area contributed by atoms with Crippen molar-refractivity contribution >= 4 is 17.8 Å². The maximum absolute atomic E-state index is 14.9. The minimum atomic E-state index is -1.19. The molecule has 0 radical (unpaired) electrons. The van der Waals surface area contributed by atoms with Crippen LogP contribution in [0.4, 0.5) is 0 Å². The Kier molecular flexibility index (Phi) is 9.38. The number of nitrogens with zero attached hydrogens (tertiary/aromatic N) is 2. The van der Waals surface area contributed by atoms with Crippen molar-refractivity contribution in [2.75, 3.05) is 19.8 Å². The summed E-state index contributed by atoms with van der Waals surface area (Å²) in [5.41, 5.74) is -1.13. The fourth-order valence-corrected chi connectivity index (χ4v) is 7.81. The second kappa shape index (κ2) is 12.3. The first-order valence-electron chi connectivity index (χ1n) is 15.2. The van der Waals surface area contributed by atoms with Gasteiger partial charge in [0.2, 0.25) is 11.8 Å². The molecule has 1 N–H and O–H groups in total. The zero-order valence-corrected chi connectivity index (χ0v) is 25.9. The van der Waals surface area contributed by atoms with Crippen LogP contribution in [-0.2, 0) is 23.9 Å². The van der Waals surface area contributed by atoms with Crippen molar-refractivity contribution in [3.05, 3.63) is 61.2 Å². The third-order valence-electron chi connectivity index (χ3n) is 9.01. The summed E-state index contributed by atoms with van der Waals surface area (Å²) < 4.78 is 12.3. The lowest BCUT2D eigenvalue weighted by molar-refractivity contribution is -0.158. The number of amides is 2. The Morgan fingerprint density at radius 1 is 1.19 bits per heavy atom. The van der Waals surface area contributed by atoms with Crippen molar-refractivity contribution in [1.29, 1.82) is 0 Å². The number of aliphatic hydroxyl groups excluding tert-OH is 1. The predicted molar refractivity (Wildman–Crippen MR) is 161 cm³/mol. The van der Waals surface area contributed by atoms with E-state index < -0.39 is 47.1 Å². The van der Waals surface area contributed by atoms with Crippen LogP contribution in [0.5, 0.6) is 0 Å². The molecule has 4 rings (SSSR count). The lowest BCUT2D eigenvalue weighted by atomic mass is 9.70. The van der Waals surface area contributed by atoms with Crippen molar-refractivity contribution in [3.63, 3.8) is 0 Å². The zero-order chi connectivity index (χ0) is 30.9. The molecular formula is C34H48N2O6. The van der Waals surface area contributed by atoms with Crippen molar-refractivity contribution in [3.8, 4) is 0 Å². The third-order valence-corrected chi connectivity index (χ3v) is 9.01. The van der Waals surface area contributed by atoms with E-state index in [4.69, 9.17) is 9.47 Å². The van der Waals surface area contributed by atoms with Gasteiger partial charge in [0.15, 0.2) is 0 Å². The number of ether oxygens (including phenoxy) is 2. The Hall–Kier alpha value is -2.97. The van der Waals surface area contributed by atoms with Crippen LogP contribution < -0.4 is 0 Å². The maximum atomic E-state index is 14.9. The highest BCUT2D eigenvalue weighted by Crippen LogP contribution is 2.60. The summed E-state index contributed by atoms with van der Waals surface area (Å²) in [6.07, 6.45) is 6.07. The van der Waals surface area contributed by atoms with Crippen LogP contribution >= 0.6 is 0 Å². The third kappa shape index (κ3) is 5.80. The van der Waals surface area contributed by atoms with Crippen LogP contribution in [0.1, 0.15) is 78.3 Å². The lowest BCUT2D eigenvalue weighted by Crippen LogP contribution is -2.61. The van der Waals surface area contributed by atoms with E-state index in [0.717, 1.165) is 0 Å². The Morgan fingerprint density at radius 2 is 1.88 bits per heavy atom. The number of benzene rings is 1. The monoisotopic (exact) mass is 580 g/mol. The summed E-state index contributed by atoms with van der Waals surface area (Å²) >= 11 is 0. The number of aliphatic hydroxyl groups is 1. The molecule has 1 aromatic carbocycles. The van der Waals surface area contributed by atoms with Gasteiger partial charge in [-0.15, -0.1) is 13.2 Å². The van der Waals surface area contributed by atoms with Gasteiger partial charge in [0.25, 0.3) is 0 Å².